The Morgan fingerprint density at radius 2 is 1.89 bits per heavy atom. The molecule has 0 aliphatic carbocycles. The van der Waals surface area contributed by atoms with Crippen LogP contribution >= 0.6 is 0 Å². The monoisotopic (exact) mass is 261 g/mol. The number of halogens is 3. The van der Waals surface area contributed by atoms with Crippen LogP contribution in [-0.2, 0) is 11.4 Å². The van der Waals surface area contributed by atoms with Crippen molar-refractivity contribution in [3.8, 4) is 5.75 Å². The fraction of sp³-hybridized carbons (Fsp3) is 0.417. The molecule has 0 aliphatic heterocycles. The summed E-state index contributed by atoms with van der Waals surface area (Å²) in [5.74, 6) is -0.249. The summed E-state index contributed by atoms with van der Waals surface area (Å²) in [6.07, 6.45) is -1.20. The second kappa shape index (κ2) is 6.88. The number of oxime groups is 1. The van der Waals surface area contributed by atoms with Crippen LogP contribution in [0.4, 0.5) is 13.2 Å². The van der Waals surface area contributed by atoms with Crippen molar-refractivity contribution in [2.24, 2.45) is 5.16 Å². The first-order valence-corrected chi connectivity index (χ1v) is 5.49. The van der Waals surface area contributed by atoms with Crippen molar-refractivity contribution in [3.63, 3.8) is 0 Å². The molecule has 1 rings (SSSR count). The van der Waals surface area contributed by atoms with Gasteiger partial charge in [0.05, 0.1) is 0 Å². The van der Waals surface area contributed by atoms with E-state index in [0.717, 1.165) is 18.4 Å². The molecule has 18 heavy (non-hydrogen) atoms. The van der Waals surface area contributed by atoms with E-state index in [1.807, 2.05) is 6.92 Å². The lowest BCUT2D eigenvalue weighted by atomic mass is 10.2. The molecule has 0 radical (unpaired) electrons. The van der Waals surface area contributed by atoms with E-state index in [2.05, 4.69) is 9.89 Å². The molecule has 0 heterocycles. The van der Waals surface area contributed by atoms with E-state index >= 15 is 0 Å². The number of nitrogens with zero attached hydrogens (tertiary/aromatic N) is 1. The molecule has 0 saturated carbocycles. The smallest absolute Gasteiger partial charge is 0.406 e. The first-order chi connectivity index (χ1) is 8.51. The highest BCUT2D eigenvalue weighted by Gasteiger charge is 2.30. The molecule has 0 aliphatic rings. The van der Waals surface area contributed by atoms with Gasteiger partial charge in [0.1, 0.15) is 12.4 Å². The predicted molar refractivity (Wildman–Crippen MR) is 61.3 cm³/mol. The van der Waals surface area contributed by atoms with Crippen molar-refractivity contribution in [1.82, 2.24) is 0 Å². The Morgan fingerprint density at radius 1 is 1.22 bits per heavy atom. The van der Waals surface area contributed by atoms with Crippen LogP contribution < -0.4 is 4.74 Å². The number of hydrogen-bond donors (Lipinski definition) is 0. The topological polar surface area (TPSA) is 30.8 Å². The molecule has 3 nitrogen and oxygen atoms in total. The highest BCUT2D eigenvalue weighted by Crippen LogP contribution is 2.22. The molecule has 6 heteroatoms. The molecule has 0 unspecified atom stereocenters. The zero-order valence-corrected chi connectivity index (χ0v) is 9.91. The average Bonchev–Trinajstić information content (AvgIpc) is 2.29. The van der Waals surface area contributed by atoms with Crippen molar-refractivity contribution in [2.45, 2.75) is 32.7 Å². The van der Waals surface area contributed by atoms with Crippen molar-refractivity contribution >= 4 is 6.21 Å². The number of hydrogen-bond acceptors (Lipinski definition) is 3. The predicted octanol–water partition coefficient (Wildman–Crippen LogP) is 3.89. The Hall–Kier alpha value is -1.72. The van der Waals surface area contributed by atoms with E-state index in [0.29, 0.717) is 0 Å². The van der Waals surface area contributed by atoms with Gasteiger partial charge in [0.25, 0.3) is 0 Å². The molecule has 0 spiro atoms. The zero-order valence-electron chi connectivity index (χ0n) is 9.91. The fourth-order valence-electron chi connectivity index (χ4n) is 1.13. The van der Waals surface area contributed by atoms with E-state index in [1.165, 1.54) is 24.3 Å². The van der Waals surface area contributed by atoms with Crippen LogP contribution in [0.3, 0.4) is 0 Å². The third-order valence-electron chi connectivity index (χ3n) is 1.95. The van der Waals surface area contributed by atoms with Gasteiger partial charge in [0, 0.05) is 6.21 Å². The summed E-state index contributed by atoms with van der Waals surface area (Å²) in [5.41, 5.74) is 0.721. The van der Waals surface area contributed by atoms with Crippen molar-refractivity contribution in [1.29, 1.82) is 0 Å². The van der Waals surface area contributed by atoms with Crippen LogP contribution in [0.15, 0.2) is 29.4 Å². The first kappa shape index (κ1) is 14.3. The minimum Gasteiger partial charge on any atom is -0.406 e. The molecule has 0 fully saturated rings. The minimum absolute atomic E-state index is 0.215. The molecule has 0 saturated heterocycles. The van der Waals surface area contributed by atoms with Crippen LogP contribution in [0, 0.1) is 0 Å². The standard InChI is InChI=1S/C12H14F3NO2/c1-2-3-8-16-17-9-10-4-6-11(7-5-10)18-12(13,14)15/h4-8H,2-3,9H2,1H3. The molecular weight excluding hydrogens is 247 g/mol. The van der Waals surface area contributed by atoms with E-state index in [4.69, 9.17) is 4.84 Å². The van der Waals surface area contributed by atoms with E-state index in [1.54, 1.807) is 6.21 Å². The van der Waals surface area contributed by atoms with Gasteiger partial charge in [-0.2, -0.15) is 0 Å². The molecule has 0 bridgehead atoms. The lowest BCUT2D eigenvalue weighted by molar-refractivity contribution is -0.274. The fourth-order valence-corrected chi connectivity index (χ4v) is 1.13. The third kappa shape index (κ3) is 6.12. The summed E-state index contributed by atoms with van der Waals surface area (Å²) >= 11 is 0. The number of ether oxygens (including phenoxy) is 1. The third-order valence-corrected chi connectivity index (χ3v) is 1.95. The maximum atomic E-state index is 11.9. The lowest BCUT2D eigenvalue weighted by Gasteiger charge is -2.08. The molecule has 0 aromatic heterocycles. The van der Waals surface area contributed by atoms with Gasteiger partial charge in [-0.3, -0.25) is 0 Å². The van der Waals surface area contributed by atoms with Crippen molar-refractivity contribution < 1.29 is 22.7 Å². The van der Waals surface area contributed by atoms with Crippen molar-refractivity contribution in [2.75, 3.05) is 0 Å². The quantitative estimate of drug-likeness (QED) is 0.574. The van der Waals surface area contributed by atoms with Gasteiger partial charge in [-0.1, -0.05) is 30.6 Å². The Kier molecular flexibility index (Phi) is 5.48. The van der Waals surface area contributed by atoms with Gasteiger partial charge < -0.3 is 9.57 Å². The van der Waals surface area contributed by atoms with Crippen LogP contribution in [0.1, 0.15) is 25.3 Å². The largest absolute Gasteiger partial charge is 0.573 e. The molecule has 1 aromatic rings. The van der Waals surface area contributed by atoms with Gasteiger partial charge in [0.2, 0.25) is 0 Å². The number of rotatable bonds is 6. The summed E-state index contributed by atoms with van der Waals surface area (Å²) in [6, 6.07) is 5.47. The zero-order chi connectivity index (χ0) is 13.4. The molecule has 1 aromatic carbocycles. The normalized spacial score (nSPS) is 11.8. The van der Waals surface area contributed by atoms with E-state index in [9.17, 15) is 13.2 Å². The molecule has 0 N–H and O–H groups in total. The van der Waals surface area contributed by atoms with Crippen LogP contribution in [0.2, 0.25) is 0 Å². The summed E-state index contributed by atoms with van der Waals surface area (Å²) in [6.45, 7) is 2.23. The Labute approximate surface area is 103 Å². The summed E-state index contributed by atoms with van der Waals surface area (Å²) < 4.78 is 39.4. The summed E-state index contributed by atoms with van der Waals surface area (Å²) in [7, 11) is 0. The average molecular weight is 261 g/mol. The second-order valence-corrected chi connectivity index (χ2v) is 3.54. The molecular formula is C12H14F3NO2. The Balaban J connectivity index is 2.41. The minimum atomic E-state index is -4.66. The molecule has 0 amide bonds. The highest BCUT2D eigenvalue weighted by molar-refractivity contribution is 5.55. The first-order valence-electron chi connectivity index (χ1n) is 5.49. The van der Waals surface area contributed by atoms with Crippen LogP contribution in [0.5, 0.6) is 5.75 Å². The van der Waals surface area contributed by atoms with Crippen molar-refractivity contribution in [3.05, 3.63) is 29.8 Å². The Morgan fingerprint density at radius 3 is 2.44 bits per heavy atom. The van der Waals surface area contributed by atoms with Gasteiger partial charge in [0.15, 0.2) is 0 Å². The number of alkyl halides is 3. The molecule has 0 atom stereocenters. The maximum absolute atomic E-state index is 11.9. The van der Waals surface area contributed by atoms with Crippen LogP contribution in [0.25, 0.3) is 0 Å². The van der Waals surface area contributed by atoms with Gasteiger partial charge in [-0.05, 0) is 24.1 Å². The molecule has 100 valence electrons. The van der Waals surface area contributed by atoms with E-state index in [-0.39, 0.29) is 12.4 Å². The van der Waals surface area contributed by atoms with Gasteiger partial charge in [-0.15, -0.1) is 13.2 Å². The number of unbranched alkanes of at least 4 members (excludes halogenated alkanes) is 1. The summed E-state index contributed by atoms with van der Waals surface area (Å²) in [4.78, 5) is 4.97. The second-order valence-electron chi connectivity index (χ2n) is 3.54. The lowest BCUT2D eigenvalue weighted by Crippen LogP contribution is -2.17. The SMILES string of the molecule is CCCC=NOCc1ccc(OC(F)(F)F)cc1. The van der Waals surface area contributed by atoms with Gasteiger partial charge in [-0.25, -0.2) is 0 Å². The van der Waals surface area contributed by atoms with Gasteiger partial charge >= 0.3 is 6.36 Å². The maximum Gasteiger partial charge on any atom is 0.573 e. The Bertz CT molecular complexity index is 374. The highest BCUT2D eigenvalue weighted by atomic mass is 19.4. The van der Waals surface area contributed by atoms with E-state index < -0.39 is 6.36 Å². The number of benzene rings is 1. The summed E-state index contributed by atoms with van der Waals surface area (Å²) in [5, 5.41) is 3.70. The van der Waals surface area contributed by atoms with Crippen LogP contribution in [-0.4, -0.2) is 12.6 Å².